The summed E-state index contributed by atoms with van der Waals surface area (Å²) in [7, 11) is 0. The van der Waals surface area contributed by atoms with Crippen molar-refractivity contribution in [1.82, 2.24) is 20.4 Å². The highest BCUT2D eigenvalue weighted by molar-refractivity contribution is 5.79. The maximum atomic E-state index is 12.8. The molecule has 0 saturated carbocycles. The highest BCUT2D eigenvalue weighted by atomic mass is 16.5. The third-order valence-corrected chi connectivity index (χ3v) is 6.82. The van der Waals surface area contributed by atoms with Crippen LogP contribution in [0.25, 0.3) is 22.8 Å². The van der Waals surface area contributed by atoms with E-state index in [-0.39, 0.29) is 11.8 Å². The lowest BCUT2D eigenvalue weighted by Crippen LogP contribution is -2.40. The average molecular weight is 482 g/mol. The molecule has 1 saturated heterocycles. The quantitative estimate of drug-likeness (QED) is 0.390. The molecule has 1 N–H and O–H groups in total. The van der Waals surface area contributed by atoms with Crippen molar-refractivity contribution in [2.45, 2.75) is 39.7 Å². The van der Waals surface area contributed by atoms with Crippen molar-refractivity contribution in [3.8, 4) is 22.8 Å². The number of benzene rings is 2. The summed E-state index contributed by atoms with van der Waals surface area (Å²) in [5.41, 5.74) is 5.33. The second-order valence-electron chi connectivity index (χ2n) is 9.31. The highest BCUT2D eigenvalue weighted by Crippen LogP contribution is 2.32. The summed E-state index contributed by atoms with van der Waals surface area (Å²) in [4.78, 5) is 24.3. The van der Waals surface area contributed by atoms with Gasteiger partial charge in [0.25, 0.3) is 5.89 Å². The van der Waals surface area contributed by atoms with Gasteiger partial charge in [0.05, 0.1) is 5.56 Å². The van der Waals surface area contributed by atoms with Gasteiger partial charge < -0.3 is 14.7 Å². The molecule has 184 valence electrons. The Hall–Kier alpha value is -4.00. The number of rotatable bonds is 7. The number of nitrogens with one attached hydrogen (secondary N) is 1. The number of nitrogens with zero attached hydrogens (tertiary/aromatic N) is 4. The summed E-state index contributed by atoms with van der Waals surface area (Å²) in [5, 5.41) is 7.30. The van der Waals surface area contributed by atoms with E-state index in [4.69, 9.17) is 4.52 Å². The van der Waals surface area contributed by atoms with E-state index in [9.17, 15) is 4.79 Å². The van der Waals surface area contributed by atoms with Gasteiger partial charge in [0.15, 0.2) is 0 Å². The number of aromatic nitrogens is 3. The van der Waals surface area contributed by atoms with Gasteiger partial charge in [-0.3, -0.25) is 4.79 Å². The Morgan fingerprint density at radius 3 is 2.47 bits per heavy atom. The molecule has 2 aromatic heterocycles. The minimum absolute atomic E-state index is 0.000119. The van der Waals surface area contributed by atoms with Gasteiger partial charge >= 0.3 is 0 Å². The van der Waals surface area contributed by atoms with Crippen LogP contribution in [-0.4, -0.2) is 34.1 Å². The van der Waals surface area contributed by atoms with Crippen molar-refractivity contribution in [1.29, 1.82) is 0 Å². The molecule has 1 amide bonds. The van der Waals surface area contributed by atoms with Crippen LogP contribution in [0.2, 0.25) is 0 Å². The number of aryl methyl sites for hydroxylation is 2. The van der Waals surface area contributed by atoms with E-state index < -0.39 is 0 Å². The monoisotopic (exact) mass is 481 g/mol. The van der Waals surface area contributed by atoms with Crippen LogP contribution >= 0.6 is 0 Å². The number of piperidine rings is 1. The van der Waals surface area contributed by atoms with Crippen molar-refractivity contribution in [3.63, 3.8) is 0 Å². The fourth-order valence-corrected chi connectivity index (χ4v) is 4.55. The van der Waals surface area contributed by atoms with Gasteiger partial charge in [-0.1, -0.05) is 66.2 Å². The van der Waals surface area contributed by atoms with Gasteiger partial charge in [0.2, 0.25) is 11.7 Å². The number of amides is 1. The standard InChI is InChI=1S/C29H31N5O2/c1-3-21-8-10-22(11-9-21)19-31-28(35)24-14-17-34(18-15-24)27-25(5-4-16-30-27)29-32-26(33-36-29)23-12-6-20(2)7-13-23/h4-13,16,24H,3,14-15,17-19H2,1-2H3,(H,31,35). The molecular formula is C29H31N5O2. The van der Waals surface area contributed by atoms with Crippen LogP contribution in [0.4, 0.5) is 5.82 Å². The van der Waals surface area contributed by atoms with Crippen LogP contribution in [-0.2, 0) is 17.8 Å². The first-order valence-corrected chi connectivity index (χ1v) is 12.6. The summed E-state index contributed by atoms with van der Waals surface area (Å²) in [5.74, 6) is 1.93. The number of hydrogen-bond acceptors (Lipinski definition) is 6. The summed E-state index contributed by atoms with van der Waals surface area (Å²) >= 11 is 0. The topological polar surface area (TPSA) is 84.2 Å². The molecule has 7 nitrogen and oxygen atoms in total. The van der Waals surface area contributed by atoms with E-state index in [0.29, 0.717) is 18.3 Å². The lowest BCUT2D eigenvalue weighted by molar-refractivity contribution is -0.125. The number of carbonyl (C=O) groups is 1. The van der Waals surface area contributed by atoms with E-state index in [1.54, 1.807) is 6.20 Å². The van der Waals surface area contributed by atoms with Gasteiger partial charge in [-0.25, -0.2) is 4.98 Å². The third-order valence-electron chi connectivity index (χ3n) is 6.82. The first-order valence-electron chi connectivity index (χ1n) is 12.6. The molecule has 0 bridgehead atoms. The molecule has 36 heavy (non-hydrogen) atoms. The van der Waals surface area contributed by atoms with Crippen LogP contribution in [0, 0.1) is 12.8 Å². The van der Waals surface area contributed by atoms with Gasteiger partial charge in [0, 0.05) is 37.3 Å². The molecular weight excluding hydrogens is 450 g/mol. The summed E-state index contributed by atoms with van der Waals surface area (Å²) in [6.07, 6.45) is 4.34. The summed E-state index contributed by atoms with van der Waals surface area (Å²) in [6.45, 7) is 6.24. The van der Waals surface area contributed by atoms with Gasteiger partial charge in [0.1, 0.15) is 5.82 Å². The lowest BCUT2D eigenvalue weighted by atomic mass is 9.95. The molecule has 1 aliphatic heterocycles. The minimum Gasteiger partial charge on any atom is -0.356 e. The Balaban J connectivity index is 1.22. The molecule has 4 aromatic rings. The molecule has 1 fully saturated rings. The Bertz CT molecular complexity index is 1310. The molecule has 0 aliphatic carbocycles. The molecule has 5 rings (SSSR count). The van der Waals surface area contributed by atoms with Crippen molar-refractivity contribution in [2.75, 3.05) is 18.0 Å². The van der Waals surface area contributed by atoms with Gasteiger partial charge in [-0.15, -0.1) is 0 Å². The number of hydrogen-bond donors (Lipinski definition) is 1. The third kappa shape index (κ3) is 5.30. The minimum atomic E-state index is -0.000119. The smallest absolute Gasteiger partial charge is 0.261 e. The van der Waals surface area contributed by atoms with Gasteiger partial charge in [-0.05, 0) is 49.4 Å². The fourth-order valence-electron chi connectivity index (χ4n) is 4.55. The van der Waals surface area contributed by atoms with E-state index in [1.165, 1.54) is 11.1 Å². The van der Waals surface area contributed by atoms with Gasteiger partial charge in [-0.2, -0.15) is 4.98 Å². The van der Waals surface area contributed by atoms with Crippen molar-refractivity contribution in [2.24, 2.45) is 5.92 Å². The second kappa shape index (κ2) is 10.7. The van der Waals surface area contributed by atoms with Crippen molar-refractivity contribution < 1.29 is 9.32 Å². The molecule has 1 aliphatic rings. The SMILES string of the molecule is CCc1ccc(CNC(=O)C2CCN(c3ncccc3-c3nc(-c4ccc(C)cc4)no3)CC2)cc1. The first-order chi connectivity index (χ1) is 17.6. The zero-order chi connectivity index (χ0) is 24.9. The largest absolute Gasteiger partial charge is 0.356 e. The van der Waals surface area contributed by atoms with Crippen LogP contribution in [0.1, 0.15) is 36.5 Å². The number of carbonyl (C=O) groups excluding carboxylic acids is 1. The van der Waals surface area contributed by atoms with Crippen LogP contribution in [0.3, 0.4) is 0 Å². The Kier molecular flexibility index (Phi) is 7.07. The zero-order valence-corrected chi connectivity index (χ0v) is 20.8. The predicted molar refractivity (Wildman–Crippen MR) is 140 cm³/mol. The lowest BCUT2D eigenvalue weighted by Gasteiger charge is -2.32. The van der Waals surface area contributed by atoms with Crippen LogP contribution < -0.4 is 10.2 Å². The average Bonchev–Trinajstić information content (AvgIpc) is 3.43. The molecule has 0 spiro atoms. The maximum Gasteiger partial charge on any atom is 0.261 e. The fraction of sp³-hybridized carbons (Fsp3) is 0.310. The van der Waals surface area contributed by atoms with Crippen LogP contribution in [0.15, 0.2) is 71.4 Å². The number of anilines is 1. The highest BCUT2D eigenvalue weighted by Gasteiger charge is 2.27. The molecule has 0 atom stereocenters. The normalized spacial score (nSPS) is 14.1. The maximum absolute atomic E-state index is 12.8. The second-order valence-corrected chi connectivity index (χ2v) is 9.31. The predicted octanol–water partition coefficient (Wildman–Crippen LogP) is 5.20. The molecule has 2 aromatic carbocycles. The molecule has 0 radical (unpaired) electrons. The summed E-state index contributed by atoms with van der Waals surface area (Å²) < 4.78 is 5.62. The van der Waals surface area contributed by atoms with E-state index in [0.717, 1.165) is 54.9 Å². The summed E-state index contributed by atoms with van der Waals surface area (Å²) in [6, 6.07) is 20.3. The zero-order valence-electron chi connectivity index (χ0n) is 20.8. The van der Waals surface area contributed by atoms with Crippen molar-refractivity contribution in [3.05, 3.63) is 83.6 Å². The van der Waals surface area contributed by atoms with Crippen molar-refractivity contribution >= 4 is 11.7 Å². The molecule has 3 heterocycles. The van der Waals surface area contributed by atoms with E-state index in [1.807, 2.05) is 43.3 Å². The first kappa shape index (κ1) is 23.7. The van der Waals surface area contributed by atoms with Crippen LogP contribution in [0.5, 0.6) is 0 Å². The molecule has 0 unspecified atom stereocenters. The molecule has 7 heteroatoms. The van der Waals surface area contributed by atoms with E-state index in [2.05, 4.69) is 56.5 Å². The number of pyridine rings is 1. The Labute approximate surface area is 211 Å². The Morgan fingerprint density at radius 1 is 1.03 bits per heavy atom. The Morgan fingerprint density at radius 2 is 1.75 bits per heavy atom. The van der Waals surface area contributed by atoms with E-state index >= 15 is 0 Å².